The van der Waals surface area contributed by atoms with Crippen molar-refractivity contribution in [1.29, 1.82) is 0 Å². The average molecular weight is 310 g/mol. The number of carbonyl (C=O) groups is 1. The summed E-state index contributed by atoms with van der Waals surface area (Å²) in [6.45, 7) is 0.602. The summed E-state index contributed by atoms with van der Waals surface area (Å²) >= 11 is 0. The molecule has 23 heavy (non-hydrogen) atoms. The summed E-state index contributed by atoms with van der Waals surface area (Å²) in [4.78, 5) is 16.2. The fraction of sp³-hybridized carbons (Fsp3) is 0.368. The minimum atomic E-state index is -0.0543. The predicted molar refractivity (Wildman–Crippen MR) is 89.6 cm³/mol. The van der Waals surface area contributed by atoms with Crippen molar-refractivity contribution in [2.45, 2.75) is 38.2 Å². The topological polar surface area (TPSA) is 51.2 Å². The van der Waals surface area contributed by atoms with E-state index in [1.54, 1.807) is 6.20 Å². The molecule has 1 saturated carbocycles. The van der Waals surface area contributed by atoms with Gasteiger partial charge in [-0.3, -0.25) is 9.78 Å². The van der Waals surface area contributed by atoms with Gasteiger partial charge in [0, 0.05) is 24.5 Å². The third-order valence-electron chi connectivity index (χ3n) is 4.14. The van der Waals surface area contributed by atoms with Crippen LogP contribution in [-0.4, -0.2) is 23.5 Å². The first-order valence-electron chi connectivity index (χ1n) is 8.25. The Morgan fingerprint density at radius 2 is 1.96 bits per heavy atom. The Morgan fingerprint density at radius 1 is 1.17 bits per heavy atom. The van der Waals surface area contributed by atoms with Crippen LogP contribution in [0.3, 0.4) is 0 Å². The maximum absolute atomic E-state index is 12.1. The van der Waals surface area contributed by atoms with Crippen LogP contribution in [0.1, 0.15) is 41.6 Å². The van der Waals surface area contributed by atoms with Gasteiger partial charge in [-0.1, -0.05) is 6.07 Å². The van der Waals surface area contributed by atoms with Crippen LogP contribution in [0, 0.1) is 0 Å². The van der Waals surface area contributed by atoms with Gasteiger partial charge in [0.25, 0.3) is 5.91 Å². The fourth-order valence-corrected chi connectivity index (χ4v) is 2.85. The summed E-state index contributed by atoms with van der Waals surface area (Å²) in [5.41, 5.74) is 1.78. The second kappa shape index (κ2) is 7.77. The van der Waals surface area contributed by atoms with Crippen molar-refractivity contribution in [3.8, 4) is 5.75 Å². The molecule has 1 aliphatic carbocycles. The van der Waals surface area contributed by atoms with Crippen LogP contribution in [0.2, 0.25) is 0 Å². The van der Waals surface area contributed by atoms with Crippen LogP contribution in [0.25, 0.3) is 0 Å². The summed E-state index contributed by atoms with van der Waals surface area (Å²) in [6, 6.07) is 11.3. The van der Waals surface area contributed by atoms with Gasteiger partial charge in [0.05, 0.1) is 6.10 Å². The third kappa shape index (κ3) is 4.55. The lowest BCUT2D eigenvalue weighted by atomic mass is 10.2. The van der Waals surface area contributed by atoms with Gasteiger partial charge in [0.15, 0.2) is 0 Å². The Morgan fingerprint density at radius 3 is 2.65 bits per heavy atom. The Kier molecular flexibility index (Phi) is 5.25. The van der Waals surface area contributed by atoms with Crippen LogP contribution in [-0.2, 0) is 6.42 Å². The number of nitrogens with one attached hydrogen (secondary N) is 1. The van der Waals surface area contributed by atoms with Gasteiger partial charge >= 0.3 is 0 Å². The molecule has 1 N–H and O–H groups in total. The van der Waals surface area contributed by atoms with Crippen molar-refractivity contribution in [2.24, 2.45) is 0 Å². The summed E-state index contributed by atoms with van der Waals surface area (Å²) in [5, 5.41) is 2.93. The van der Waals surface area contributed by atoms with Crippen LogP contribution in [0.15, 0.2) is 48.8 Å². The molecule has 1 aliphatic rings. The van der Waals surface area contributed by atoms with Crippen molar-refractivity contribution in [3.05, 3.63) is 59.9 Å². The highest BCUT2D eigenvalue weighted by atomic mass is 16.5. The van der Waals surface area contributed by atoms with Crippen molar-refractivity contribution in [2.75, 3.05) is 6.54 Å². The normalized spacial score (nSPS) is 14.6. The van der Waals surface area contributed by atoms with Crippen molar-refractivity contribution >= 4 is 5.91 Å². The van der Waals surface area contributed by atoms with E-state index in [4.69, 9.17) is 4.74 Å². The number of pyridine rings is 1. The van der Waals surface area contributed by atoms with Crippen LogP contribution in [0.4, 0.5) is 0 Å². The number of carbonyl (C=O) groups excluding carboxylic acids is 1. The van der Waals surface area contributed by atoms with Gasteiger partial charge in [-0.05, 0) is 68.0 Å². The molecule has 0 radical (unpaired) electrons. The molecular weight excluding hydrogens is 288 g/mol. The van der Waals surface area contributed by atoms with E-state index in [0.717, 1.165) is 30.6 Å². The zero-order chi connectivity index (χ0) is 15.9. The van der Waals surface area contributed by atoms with E-state index in [9.17, 15) is 4.79 Å². The van der Waals surface area contributed by atoms with Gasteiger partial charge < -0.3 is 10.1 Å². The monoisotopic (exact) mass is 310 g/mol. The van der Waals surface area contributed by atoms with Gasteiger partial charge in [0.2, 0.25) is 0 Å². The highest BCUT2D eigenvalue weighted by Gasteiger charge is 2.16. The molecule has 0 bridgehead atoms. The number of nitrogens with zero attached hydrogens (tertiary/aromatic N) is 1. The largest absolute Gasteiger partial charge is 0.490 e. The molecule has 4 heteroatoms. The maximum atomic E-state index is 12.1. The lowest BCUT2D eigenvalue weighted by Gasteiger charge is -2.13. The highest BCUT2D eigenvalue weighted by Crippen LogP contribution is 2.24. The molecule has 0 atom stereocenters. The average Bonchev–Trinajstić information content (AvgIpc) is 3.09. The molecule has 0 unspecified atom stereocenters. The summed E-state index contributed by atoms with van der Waals surface area (Å²) < 4.78 is 5.91. The van der Waals surface area contributed by atoms with Crippen molar-refractivity contribution in [1.82, 2.24) is 10.3 Å². The molecule has 2 aromatic rings. The van der Waals surface area contributed by atoms with Gasteiger partial charge in [-0.15, -0.1) is 0 Å². The van der Waals surface area contributed by atoms with E-state index < -0.39 is 0 Å². The number of rotatable bonds is 6. The first-order valence-corrected chi connectivity index (χ1v) is 8.25. The van der Waals surface area contributed by atoms with E-state index in [-0.39, 0.29) is 5.91 Å². The number of hydrogen-bond donors (Lipinski definition) is 1. The van der Waals surface area contributed by atoms with Gasteiger partial charge in [-0.2, -0.15) is 0 Å². The predicted octanol–water partition coefficient (Wildman–Crippen LogP) is 3.38. The van der Waals surface area contributed by atoms with Crippen molar-refractivity contribution in [3.63, 3.8) is 0 Å². The van der Waals surface area contributed by atoms with Crippen LogP contribution in [0.5, 0.6) is 5.75 Å². The molecule has 0 aliphatic heterocycles. The zero-order valence-electron chi connectivity index (χ0n) is 13.2. The lowest BCUT2D eigenvalue weighted by Crippen LogP contribution is -2.25. The fourth-order valence-electron chi connectivity index (χ4n) is 2.85. The van der Waals surface area contributed by atoms with Crippen LogP contribution >= 0.6 is 0 Å². The minimum Gasteiger partial charge on any atom is -0.490 e. The molecule has 1 aromatic carbocycles. The van der Waals surface area contributed by atoms with E-state index in [1.807, 2.05) is 42.6 Å². The van der Waals surface area contributed by atoms with E-state index in [0.29, 0.717) is 18.2 Å². The van der Waals surface area contributed by atoms with E-state index in [2.05, 4.69) is 10.3 Å². The summed E-state index contributed by atoms with van der Waals surface area (Å²) in [5.74, 6) is 0.796. The second-order valence-electron chi connectivity index (χ2n) is 5.92. The molecule has 1 heterocycles. The Balaban J connectivity index is 1.47. The molecule has 1 amide bonds. The highest BCUT2D eigenvalue weighted by molar-refractivity contribution is 5.94. The molecule has 0 saturated heterocycles. The molecule has 3 rings (SSSR count). The van der Waals surface area contributed by atoms with Gasteiger partial charge in [-0.25, -0.2) is 0 Å². The SMILES string of the molecule is O=C(NCCc1cccnc1)c1ccc(OC2CCCC2)cc1. The van der Waals surface area contributed by atoms with Gasteiger partial charge in [0.1, 0.15) is 5.75 Å². The number of amides is 1. The van der Waals surface area contributed by atoms with E-state index >= 15 is 0 Å². The zero-order valence-corrected chi connectivity index (χ0v) is 13.2. The Hall–Kier alpha value is -2.36. The Labute approximate surface area is 136 Å². The van der Waals surface area contributed by atoms with Crippen LogP contribution < -0.4 is 10.1 Å². The minimum absolute atomic E-state index is 0.0543. The molecular formula is C19H22N2O2. The summed E-state index contributed by atoms with van der Waals surface area (Å²) in [7, 11) is 0. The first kappa shape index (κ1) is 15.5. The molecule has 0 spiro atoms. The molecule has 4 nitrogen and oxygen atoms in total. The number of hydrogen-bond acceptors (Lipinski definition) is 3. The Bertz CT molecular complexity index is 620. The standard InChI is InChI=1S/C19H22N2O2/c22-19(21-13-11-15-4-3-12-20-14-15)16-7-9-18(10-8-16)23-17-5-1-2-6-17/h3-4,7-10,12,14,17H,1-2,5-6,11,13H2,(H,21,22). The smallest absolute Gasteiger partial charge is 0.251 e. The first-order chi connectivity index (χ1) is 11.3. The molecule has 1 aromatic heterocycles. The number of benzene rings is 1. The summed E-state index contributed by atoms with van der Waals surface area (Å²) in [6.07, 6.45) is 9.47. The second-order valence-corrected chi connectivity index (χ2v) is 5.92. The quantitative estimate of drug-likeness (QED) is 0.890. The number of ether oxygens (including phenoxy) is 1. The molecule has 1 fully saturated rings. The molecule has 120 valence electrons. The lowest BCUT2D eigenvalue weighted by molar-refractivity contribution is 0.0954. The number of aromatic nitrogens is 1. The van der Waals surface area contributed by atoms with Crippen molar-refractivity contribution < 1.29 is 9.53 Å². The maximum Gasteiger partial charge on any atom is 0.251 e. The third-order valence-corrected chi connectivity index (χ3v) is 4.14. The van der Waals surface area contributed by atoms with E-state index in [1.165, 1.54) is 12.8 Å².